The van der Waals surface area contributed by atoms with Crippen molar-refractivity contribution in [3.63, 3.8) is 0 Å². The molecule has 0 fully saturated rings. The molecule has 5 nitrogen and oxygen atoms in total. The molecule has 2 aromatic heterocycles. The van der Waals surface area contributed by atoms with E-state index in [9.17, 15) is 8.42 Å². The number of hydrogen-bond acceptors (Lipinski definition) is 4. The van der Waals surface area contributed by atoms with Gasteiger partial charge < -0.3 is 0 Å². The van der Waals surface area contributed by atoms with E-state index in [-0.39, 0.29) is 4.90 Å². The standard InChI is InChI=1S/C17H13N3O2S/c1-23(21,22)17-9-7-16(8-10-17)20-13-14(12-19-20)5-6-15-4-2-3-11-18-15/h2-4,7-13H,1H3. The van der Waals surface area contributed by atoms with Gasteiger partial charge in [0.2, 0.25) is 0 Å². The smallest absolute Gasteiger partial charge is 0.175 e. The van der Waals surface area contributed by atoms with Gasteiger partial charge in [-0.2, -0.15) is 5.10 Å². The van der Waals surface area contributed by atoms with Gasteiger partial charge in [0.05, 0.1) is 22.3 Å². The normalized spacial score (nSPS) is 10.8. The zero-order chi connectivity index (χ0) is 16.3. The molecule has 0 N–H and O–H groups in total. The fraction of sp³-hybridized carbons (Fsp3) is 0.0588. The first-order valence-electron chi connectivity index (χ1n) is 6.80. The van der Waals surface area contributed by atoms with E-state index in [0.717, 1.165) is 11.3 Å². The van der Waals surface area contributed by atoms with Gasteiger partial charge in [-0.15, -0.1) is 0 Å². The molecule has 0 spiro atoms. The van der Waals surface area contributed by atoms with E-state index < -0.39 is 9.84 Å². The van der Waals surface area contributed by atoms with Crippen molar-refractivity contribution in [2.24, 2.45) is 0 Å². The first-order valence-corrected chi connectivity index (χ1v) is 8.70. The van der Waals surface area contributed by atoms with E-state index in [1.54, 1.807) is 47.5 Å². The van der Waals surface area contributed by atoms with Crippen LogP contribution in [0.2, 0.25) is 0 Å². The van der Waals surface area contributed by atoms with Gasteiger partial charge in [0.15, 0.2) is 9.84 Å². The number of rotatable bonds is 2. The molecule has 1 aromatic carbocycles. The van der Waals surface area contributed by atoms with Gasteiger partial charge in [-0.3, -0.25) is 0 Å². The third-order valence-corrected chi connectivity index (χ3v) is 4.24. The van der Waals surface area contributed by atoms with Crippen molar-refractivity contribution in [3.8, 4) is 17.5 Å². The molecule has 0 aliphatic rings. The van der Waals surface area contributed by atoms with Crippen molar-refractivity contribution in [1.29, 1.82) is 0 Å². The van der Waals surface area contributed by atoms with Crippen molar-refractivity contribution < 1.29 is 8.42 Å². The van der Waals surface area contributed by atoms with Gasteiger partial charge in [0.25, 0.3) is 0 Å². The lowest BCUT2D eigenvalue weighted by Crippen LogP contribution is -1.98. The first-order chi connectivity index (χ1) is 11.0. The highest BCUT2D eigenvalue weighted by atomic mass is 32.2. The largest absolute Gasteiger partial charge is 0.248 e. The Labute approximate surface area is 134 Å². The Morgan fingerprint density at radius 1 is 1.04 bits per heavy atom. The Balaban J connectivity index is 1.84. The minimum atomic E-state index is -3.19. The summed E-state index contributed by atoms with van der Waals surface area (Å²) in [7, 11) is -3.19. The molecule has 0 saturated carbocycles. The zero-order valence-corrected chi connectivity index (χ0v) is 13.2. The molecule has 23 heavy (non-hydrogen) atoms. The van der Waals surface area contributed by atoms with Crippen molar-refractivity contribution in [3.05, 3.63) is 72.3 Å². The summed E-state index contributed by atoms with van der Waals surface area (Å²) < 4.78 is 24.6. The average molecular weight is 323 g/mol. The fourth-order valence-corrected chi connectivity index (χ4v) is 2.58. The summed E-state index contributed by atoms with van der Waals surface area (Å²) in [5.41, 5.74) is 2.21. The molecule has 114 valence electrons. The maximum Gasteiger partial charge on any atom is 0.175 e. The third-order valence-electron chi connectivity index (χ3n) is 3.11. The molecule has 0 amide bonds. The molecule has 0 bridgehead atoms. The summed E-state index contributed by atoms with van der Waals surface area (Å²) in [5, 5.41) is 4.23. The maximum atomic E-state index is 11.5. The van der Waals surface area contributed by atoms with E-state index >= 15 is 0 Å². The van der Waals surface area contributed by atoms with Gasteiger partial charge in [0, 0.05) is 18.6 Å². The molecule has 0 aliphatic carbocycles. The van der Waals surface area contributed by atoms with Crippen LogP contribution in [0.1, 0.15) is 11.3 Å². The second kappa shape index (κ2) is 6.07. The highest BCUT2D eigenvalue weighted by Crippen LogP contribution is 2.13. The summed E-state index contributed by atoms with van der Waals surface area (Å²) in [6.07, 6.45) is 6.31. The van der Waals surface area contributed by atoms with Crippen LogP contribution in [0, 0.1) is 11.8 Å². The maximum absolute atomic E-state index is 11.5. The lowest BCUT2D eigenvalue weighted by atomic mass is 10.3. The van der Waals surface area contributed by atoms with Crippen LogP contribution < -0.4 is 0 Å². The number of aromatic nitrogens is 3. The summed E-state index contributed by atoms with van der Waals surface area (Å²) in [4.78, 5) is 4.41. The number of nitrogens with zero attached hydrogens (tertiary/aromatic N) is 3. The minimum absolute atomic E-state index is 0.281. The van der Waals surface area contributed by atoms with Gasteiger partial charge >= 0.3 is 0 Å². The molecule has 6 heteroatoms. The van der Waals surface area contributed by atoms with Crippen molar-refractivity contribution in [2.75, 3.05) is 6.26 Å². The van der Waals surface area contributed by atoms with Crippen molar-refractivity contribution >= 4 is 9.84 Å². The molecule has 0 unspecified atom stereocenters. The van der Waals surface area contributed by atoms with E-state index in [2.05, 4.69) is 21.9 Å². The summed E-state index contributed by atoms with van der Waals surface area (Å²) in [6.45, 7) is 0. The van der Waals surface area contributed by atoms with Crippen LogP contribution in [0.3, 0.4) is 0 Å². The highest BCUT2D eigenvalue weighted by molar-refractivity contribution is 7.90. The quantitative estimate of drug-likeness (QED) is 0.677. The molecular formula is C17H13N3O2S. The molecule has 2 heterocycles. The SMILES string of the molecule is CS(=O)(=O)c1ccc(-n2cc(C#Cc3ccccn3)cn2)cc1. The fourth-order valence-electron chi connectivity index (χ4n) is 1.95. The second-order valence-corrected chi connectivity index (χ2v) is 6.92. The van der Waals surface area contributed by atoms with Gasteiger partial charge in [-0.05, 0) is 42.3 Å². The first kappa shape index (κ1) is 15.0. The number of benzene rings is 1. The van der Waals surface area contributed by atoms with Crippen molar-refractivity contribution in [2.45, 2.75) is 4.90 Å². The second-order valence-electron chi connectivity index (χ2n) is 4.90. The number of hydrogen-bond donors (Lipinski definition) is 0. The Hall–Kier alpha value is -2.91. The summed E-state index contributed by atoms with van der Waals surface area (Å²) in [6, 6.07) is 12.1. The number of sulfone groups is 1. The predicted octanol–water partition coefficient (Wildman–Crippen LogP) is 2.07. The van der Waals surface area contributed by atoms with E-state index in [1.807, 2.05) is 18.2 Å². The molecular weight excluding hydrogens is 310 g/mol. The molecule has 0 atom stereocenters. The Bertz CT molecular complexity index is 980. The lowest BCUT2D eigenvalue weighted by Gasteiger charge is -2.02. The van der Waals surface area contributed by atoms with Crippen LogP contribution in [0.4, 0.5) is 0 Å². The van der Waals surface area contributed by atoms with Crippen LogP contribution in [0.25, 0.3) is 5.69 Å². The van der Waals surface area contributed by atoms with E-state index in [0.29, 0.717) is 5.69 Å². The van der Waals surface area contributed by atoms with Crippen LogP contribution in [0.15, 0.2) is 66.0 Å². The van der Waals surface area contributed by atoms with E-state index in [1.165, 1.54) is 6.26 Å². The van der Waals surface area contributed by atoms with Gasteiger partial charge in [0.1, 0.15) is 5.69 Å². The Kier molecular flexibility index (Phi) is 3.96. The molecule has 0 aliphatic heterocycles. The van der Waals surface area contributed by atoms with Gasteiger partial charge in [-0.25, -0.2) is 18.1 Å². The zero-order valence-electron chi connectivity index (χ0n) is 12.3. The van der Waals surface area contributed by atoms with Gasteiger partial charge in [-0.1, -0.05) is 12.0 Å². The topological polar surface area (TPSA) is 64.8 Å². The van der Waals surface area contributed by atoms with Crippen LogP contribution in [0.5, 0.6) is 0 Å². The molecule has 3 rings (SSSR count). The van der Waals surface area contributed by atoms with Crippen LogP contribution in [-0.2, 0) is 9.84 Å². The van der Waals surface area contributed by atoms with E-state index in [4.69, 9.17) is 0 Å². The van der Waals surface area contributed by atoms with Crippen molar-refractivity contribution in [1.82, 2.24) is 14.8 Å². The van der Waals surface area contributed by atoms with Crippen LogP contribution >= 0.6 is 0 Å². The average Bonchev–Trinajstić information content (AvgIpc) is 3.02. The number of pyridine rings is 1. The molecule has 0 saturated heterocycles. The lowest BCUT2D eigenvalue weighted by molar-refractivity contribution is 0.602. The molecule has 3 aromatic rings. The molecule has 0 radical (unpaired) electrons. The Morgan fingerprint density at radius 2 is 1.83 bits per heavy atom. The monoisotopic (exact) mass is 323 g/mol. The Morgan fingerprint density at radius 3 is 2.48 bits per heavy atom. The minimum Gasteiger partial charge on any atom is -0.248 e. The third kappa shape index (κ3) is 3.65. The summed E-state index contributed by atoms with van der Waals surface area (Å²) >= 11 is 0. The van der Waals surface area contributed by atoms with Crippen LogP contribution in [-0.4, -0.2) is 29.4 Å². The summed E-state index contributed by atoms with van der Waals surface area (Å²) in [5.74, 6) is 5.96. The highest BCUT2D eigenvalue weighted by Gasteiger charge is 2.07. The predicted molar refractivity (Wildman–Crippen MR) is 86.9 cm³/mol.